The van der Waals surface area contributed by atoms with Crippen LogP contribution in [0, 0.1) is 0 Å². The molecule has 1 amide bonds. The molecule has 22 heavy (non-hydrogen) atoms. The molecule has 1 N–H and O–H groups in total. The number of rotatable bonds is 13. The van der Waals surface area contributed by atoms with Crippen LogP contribution in [0.3, 0.4) is 0 Å². The molecule has 0 saturated heterocycles. The molecule has 1 heterocycles. The number of nitrogens with one attached hydrogen (secondary N) is 1. The van der Waals surface area contributed by atoms with E-state index in [4.69, 9.17) is 4.42 Å². The van der Waals surface area contributed by atoms with Crippen LogP contribution in [-0.4, -0.2) is 12.5 Å². The van der Waals surface area contributed by atoms with Crippen molar-refractivity contribution in [2.24, 2.45) is 0 Å². The summed E-state index contributed by atoms with van der Waals surface area (Å²) in [5.41, 5.74) is 0. The highest BCUT2D eigenvalue weighted by Crippen LogP contribution is 2.10. The molecule has 1 aromatic rings. The van der Waals surface area contributed by atoms with Gasteiger partial charge in [-0.05, 0) is 24.6 Å². The zero-order chi connectivity index (χ0) is 15.9. The minimum Gasteiger partial charge on any atom is -0.465 e. The average Bonchev–Trinajstić information content (AvgIpc) is 3.04. The molecule has 0 saturated carbocycles. The van der Waals surface area contributed by atoms with Gasteiger partial charge in [0.1, 0.15) is 5.76 Å². The third-order valence-electron chi connectivity index (χ3n) is 3.77. The van der Waals surface area contributed by atoms with Gasteiger partial charge in [0.05, 0.1) is 6.26 Å². The Morgan fingerprint density at radius 2 is 1.68 bits per heavy atom. The number of hydrogen-bond donors (Lipinski definition) is 1. The van der Waals surface area contributed by atoms with Crippen LogP contribution in [0.2, 0.25) is 0 Å². The lowest BCUT2D eigenvalue weighted by atomic mass is 10.1. The first kappa shape index (κ1) is 18.5. The van der Waals surface area contributed by atoms with E-state index in [1.807, 2.05) is 6.07 Å². The van der Waals surface area contributed by atoms with E-state index in [-0.39, 0.29) is 5.91 Å². The minimum atomic E-state index is -0.0488. The number of unbranched alkanes of at least 4 members (excludes halogenated alkanes) is 9. The quantitative estimate of drug-likeness (QED) is 0.395. The summed E-state index contributed by atoms with van der Waals surface area (Å²) >= 11 is 0. The lowest BCUT2D eigenvalue weighted by molar-refractivity contribution is -0.116. The Balaban J connectivity index is 1.86. The van der Waals surface area contributed by atoms with Crippen LogP contribution < -0.4 is 5.32 Å². The largest absolute Gasteiger partial charge is 0.465 e. The molecule has 0 aromatic carbocycles. The fourth-order valence-corrected chi connectivity index (χ4v) is 2.43. The first-order chi connectivity index (χ1) is 10.8. The van der Waals surface area contributed by atoms with Gasteiger partial charge in [-0.15, -0.1) is 0 Å². The summed E-state index contributed by atoms with van der Waals surface area (Å²) in [5, 5.41) is 2.90. The fraction of sp³-hybridized carbons (Fsp3) is 0.632. The van der Waals surface area contributed by atoms with Crippen molar-refractivity contribution in [3.05, 3.63) is 30.2 Å². The zero-order valence-electron chi connectivity index (χ0n) is 14.0. The van der Waals surface area contributed by atoms with E-state index in [9.17, 15) is 4.79 Å². The molecule has 0 aliphatic carbocycles. The topological polar surface area (TPSA) is 42.2 Å². The Hall–Kier alpha value is -1.51. The van der Waals surface area contributed by atoms with Gasteiger partial charge in [-0.25, -0.2) is 0 Å². The normalized spacial score (nSPS) is 11.1. The van der Waals surface area contributed by atoms with Gasteiger partial charge in [-0.1, -0.05) is 64.7 Å². The van der Waals surface area contributed by atoms with Gasteiger partial charge < -0.3 is 9.73 Å². The monoisotopic (exact) mass is 305 g/mol. The molecule has 0 unspecified atom stereocenters. The number of carbonyl (C=O) groups excluding carboxylic acids is 1. The summed E-state index contributed by atoms with van der Waals surface area (Å²) in [7, 11) is 0. The van der Waals surface area contributed by atoms with Crippen LogP contribution in [-0.2, 0) is 4.79 Å². The maximum atomic E-state index is 11.6. The molecule has 1 rings (SSSR count). The van der Waals surface area contributed by atoms with Gasteiger partial charge in [0.2, 0.25) is 5.91 Å². The van der Waals surface area contributed by atoms with Gasteiger partial charge in [0.25, 0.3) is 0 Å². The highest BCUT2D eigenvalue weighted by atomic mass is 16.3. The molecule has 0 aliphatic rings. The first-order valence-corrected chi connectivity index (χ1v) is 8.82. The molecule has 0 radical (unpaired) electrons. The lowest BCUT2D eigenvalue weighted by Crippen LogP contribution is -2.21. The SMILES string of the molecule is CCCCCCCCCCCCNC(=O)C=Cc1ccco1. The van der Waals surface area contributed by atoms with Gasteiger partial charge in [0, 0.05) is 12.6 Å². The van der Waals surface area contributed by atoms with Crippen molar-refractivity contribution in [3.8, 4) is 0 Å². The molecule has 124 valence electrons. The highest BCUT2D eigenvalue weighted by Gasteiger charge is 1.96. The molecular weight excluding hydrogens is 274 g/mol. The molecule has 3 heteroatoms. The lowest BCUT2D eigenvalue weighted by Gasteiger charge is -2.03. The van der Waals surface area contributed by atoms with Crippen LogP contribution in [0.25, 0.3) is 6.08 Å². The van der Waals surface area contributed by atoms with Crippen molar-refractivity contribution >= 4 is 12.0 Å². The predicted octanol–water partition coefficient (Wildman–Crippen LogP) is 5.33. The van der Waals surface area contributed by atoms with E-state index >= 15 is 0 Å². The van der Waals surface area contributed by atoms with Gasteiger partial charge >= 0.3 is 0 Å². The molecule has 3 nitrogen and oxygen atoms in total. The first-order valence-electron chi connectivity index (χ1n) is 8.82. The van der Waals surface area contributed by atoms with Crippen LogP contribution in [0.15, 0.2) is 28.9 Å². The third-order valence-corrected chi connectivity index (χ3v) is 3.77. The van der Waals surface area contributed by atoms with Gasteiger partial charge in [0.15, 0.2) is 0 Å². The van der Waals surface area contributed by atoms with Gasteiger partial charge in [-0.2, -0.15) is 0 Å². The van der Waals surface area contributed by atoms with Crippen molar-refractivity contribution < 1.29 is 9.21 Å². The van der Waals surface area contributed by atoms with E-state index in [0.29, 0.717) is 5.76 Å². The second-order valence-corrected chi connectivity index (χ2v) is 5.82. The zero-order valence-corrected chi connectivity index (χ0v) is 14.0. The standard InChI is InChI=1S/C19H31NO2/c1-2-3-4-5-6-7-8-9-10-11-16-20-19(21)15-14-18-13-12-17-22-18/h12-15,17H,2-11,16H2,1H3,(H,20,21). The Morgan fingerprint density at radius 1 is 1.05 bits per heavy atom. The molecular formula is C19H31NO2. The van der Waals surface area contributed by atoms with Crippen molar-refractivity contribution in [1.82, 2.24) is 5.32 Å². The number of amides is 1. The van der Waals surface area contributed by atoms with E-state index in [1.54, 1.807) is 18.4 Å². The van der Waals surface area contributed by atoms with Crippen molar-refractivity contribution in [2.75, 3.05) is 6.54 Å². The Labute approximate surface area is 135 Å². The second-order valence-electron chi connectivity index (χ2n) is 5.82. The Bertz CT molecular complexity index is 396. The molecule has 0 bridgehead atoms. The van der Waals surface area contributed by atoms with Crippen molar-refractivity contribution in [3.63, 3.8) is 0 Å². The van der Waals surface area contributed by atoms with Crippen LogP contribution in [0.1, 0.15) is 76.9 Å². The predicted molar refractivity (Wildman–Crippen MR) is 92.6 cm³/mol. The molecule has 0 aliphatic heterocycles. The maximum absolute atomic E-state index is 11.6. The summed E-state index contributed by atoms with van der Waals surface area (Å²) in [5.74, 6) is 0.654. The number of furan rings is 1. The van der Waals surface area contributed by atoms with Crippen LogP contribution in [0.5, 0.6) is 0 Å². The third kappa shape index (κ3) is 10.3. The number of hydrogen-bond acceptors (Lipinski definition) is 2. The molecule has 0 spiro atoms. The maximum Gasteiger partial charge on any atom is 0.244 e. The van der Waals surface area contributed by atoms with E-state index in [1.165, 1.54) is 63.9 Å². The van der Waals surface area contributed by atoms with Gasteiger partial charge in [-0.3, -0.25) is 4.79 Å². The molecule has 1 aromatic heterocycles. The van der Waals surface area contributed by atoms with Crippen LogP contribution >= 0.6 is 0 Å². The summed E-state index contributed by atoms with van der Waals surface area (Å²) in [4.78, 5) is 11.6. The van der Waals surface area contributed by atoms with Crippen molar-refractivity contribution in [1.29, 1.82) is 0 Å². The Kier molecular flexibility index (Phi) is 11.1. The number of carbonyl (C=O) groups is 1. The minimum absolute atomic E-state index is 0.0488. The summed E-state index contributed by atoms with van der Waals surface area (Å²) < 4.78 is 5.13. The average molecular weight is 305 g/mol. The fourth-order valence-electron chi connectivity index (χ4n) is 2.43. The highest BCUT2D eigenvalue weighted by molar-refractivity contribution is 5.91. The summed E-state index contributed by atoms with van der Waals surface area (Å²) in [6.45, 7) is 3.02. The van der Waals surface area contributed by atoms with Crippen LogP contribution in [0.4, 0.5) is 0 Å². The second kappa shape index (κ2) is 13.2. The van der Waals surface area contributed by atoms with E-state index in [2.05, 4.69) is 12.2 Å². The smallest absolute Gasteiger partial charge is 0.244 e. The van der Waals surface area contributed by atoms with Crippen molar-refractivity contribution in [2.45, 2.75) is 71.1 Å². The summed E-state index contributed by atoms with van der Waals surface area (Å²) in [6, 6.07) is 3.63. The molecule has 0 fully saturated rings. The summed E-state index contributed by atoms with van der Waals surface area (Å²) in [6.07, 6.45) is 17.9. The Morgan fingerprint density at radius 3 is 2.27 bits per heavy atom. The van der Waals surface area contributed by atoms with E-state index in [0.717, 1.165) is 13.0 Å². The molecule has 0 atom stereocenters. The van der Waals surface area contributed by atoms with E-state index < -0.39 is 0 Å².